The van der Waals surface area contributed by atoms with Gasteiger partial charge in [-0.05, 0) is 41.3 Å². The number of halogens is 2. The van der Waals surface area contributed by atoms with Crippen molar-refractivity contribution in [1.29, 1.82) is 0 Å². The molecule has 3 rings (SSSR count). The van der Waals surface area contributed by atoms with Gasteiger partial charge in [0.05, 0.1) is 16.6 Å². The van der Waals surface area contributed by atoms with Crippen LogP contribution in [0.2, 0.25) is 5.02 Å². The van der Waals surface area contributed by atoms with Crippen molar-refractivity contribution in [3.63, 3.8) is 0 Å². The van der Waals surface area contributed by atoms with E-state index in [0.29, 0.717) is 0 Å². The van der Waals surface area contributed by atoms with Gasteiger partial charge in [0.25, 0.3) is 5.91 Å². The van der Waals surface area contributed by atoms with Crippen LogP contribution >= 0.6 is 22.9 Å². The summed E-state index contributed by atoms with van der Waals surface area (Å²) in [6, 6.07) is 15.6. The number of esters is 1. The third-order valence-electron chi connectivity index (χ3n) is 3.76. The van der Waals surface area contributed by atoms with Gasteiger partial charge in [-0.1, -0.05) is 41.9 Å². The molecule has 0 fully saturated rings. The number of benzene rings is 2. The summed E-state index contributed by atoms with van der Waals surface area (Å²) < 4.78 is 18.3. The number of carbonyl (C=O) groups excluding carboxylic acids is 2. The average Bonchev–Trinajstić information content (AvgIpc) is 3.20. The molecule has 138 valence electrons. The van der Waals surface area contributed by atoms with Crippen LogP contribution in [0.15, 0.2) is 66.0 Å². The van der Waals surface area contributed by atoms with Crippen LogP contribution in [0.1, 0.15) is 26.8 Å². The average molecular weight is 404 g/mol. The molecule has 1 aromatic heterocycles. The Bertz CT molecular complexity index is 929. The Kier molecular flexibility index (Phi) is 6.21. The predicted octanol–water partition coefficient (Wildman–Crippen LogP) is 4.60. The fourth-order valence-electron chi connectivity index (χ4n) is 2.47. The highest BCUT2D eigenvalue weighted by atomic mass is 35.5. The summed E-state index contributed by atoms with van der Waals surface area (Å²) in [6.07, 6.45) is 0. The van der Waals surface area contributed by atoms with E-state index in [1.165, 1.54) is 29.5 Å². The van der Waals surface area contributed by atoms with Crippen LogP contribution < -0.4 is 5.32 Å². The van der Waals surface area contributed by atoms with Crippen LogP contribution in [0.5, 0.6) is 0 Å². The summed E-state index contributed by atoms with van der Waals surface area (Å²) in [5, 5.41) is 4.96. The minimum absolute atomic E-state index is 0.195. The van der Waals surface area contributed by atoms with Gasteiger partial charge in [-0.3, -0.25) is 4.79 Å². The van der Waals surface area contributed by atoms with Crippen molar-refractivity contribution < 1.29 is 18.7 Å². The number of hydrogen-bond acceptors (Lipinski definition) is 4. The minimum Gasteiger partial charge on any atom is -0.452 e. The lowest BCUT2D eigenvalue weighted by molar-refractivity contribution is -0.124. The Balaban J connectivity index is 1.67. The fourth-order valence-corrected chi connectivity index (χ4v) is 3.48. The first-order valence-corrected chi connectivity index (χ1v) is 9.30. The maximum Gasteiger partial charge on any atom is 0.340 e. The Morgan fingerprint density at radius 3 is 2.48 bits per heavy atom. The normalized spacial score (nSPS) is 11.6. The summed E-state index contributed by atoms with van der Waals surface area (Å²) in [5.74, 6) is -1.51. The van der Waals surface area contributed by atoms with E-state index in [9.17, 15) is 14.0 Å². The second-order valence-corrected chi connectivity index (χ2v) is 7.01. The highest BCUT2D eigenvalue weighted by Crippen LogP contribution is 2.26. The first kappa shape index (κ1) is 19.1. The van der Waals surface area contributed by atoms with Gasteiger partial charge in [-0.15, -0.1) is 11.3 Å². The molecule has 1 N–H and O–H groups in total. The molecule has 1 heterocycles. The Hall–Kier alpha value is -2.70. The molecule has 0 aliphatic rings. The van der Waals surface area contributed by atoms with Crippen molar-refractivity contribution in [3.8, 4) is 0 Å². The standard InChI is InChI=1S/C20H15ClFNO3S/c21-16-5-2-1-4-15(16)20(25)26-12-18(24)23-19(17-6-3-11-27-17)13-7-9-14(22)10-8-13/h1-11,19H,12H2,(H,23,24)/t19-/m1/s1. The molecule has 0 bridgehead atoms. The van der Waals surface area contributed by atoms with Gasteiger partial charge in [0, 0.05) is 4.88 Å². The van der Waals surface area contributed by atoms with E-state index in [0.717, 1.165) is 10.4 Å². The summed E-state index contributed by atoms with van der Waals surface area (Å²) >= 11 is 7.41. The van der Waals surface area contributed by atoms with Gasteiger partial charge in [0.15, 0.2) is 6.61 Å². The number of hydrogen-bond donors (Lipinski definition) is 1. The summed E-state index contributed by atoms with van der Waals surface area (Å²) in [5.41, 5.74) is 0.921. The molecular formula is C20H15ClFNO3S. The molecule has 7 heteroatoms. The second-order valence-electron chi connectivity index (χ2n) is 5.62. The third kappa shape index (κ3) is 4.93. The lowest BCUT2D eigenvalue weighted by Crippen LogP contribution is -2.32. The lowest BCUT2D eigenvalue weighted by Gasteiger charge is -2.18. The smallest absolute Gasteiger partial charge is 0.340 e. The molecule has 1 atom stereocenters. The molecule has 4 nitrogen and oxygen atoms in total. The zero-order valence-corrected chi connectivity index (χ0v) is 15.6. The molecule has 0 aliphatic carbocycles. The van der Waals surface area contributed by atoms with E-state index in [1.807, 2.05) is 17.5 Å². The van der Waals surface area contributed by atoms with Gasteiger partial charge < -0.3 is 10.1 Å². The molecule has 0 spiro atoms. The number of ether oxygens (including phenoxy) is 1. The van der Waals surface area contributed by atoms with Gasteiger partial charge in [-0.2, -0.15) is 0 Å². The van der Waals surface area contributed by atoms with Crippen molar-refractivity contribution in [2.45, 2.75) is 6.04 Å². The van der Waals surface area contributed by atoms with Crippen molar-refractivity contribution in [1.82, 2.24) is 5.32 Å². The van der Waals surface area contributed by atoms with Crippen molar-refractivity contribution in [2.24, 2.45) is 0 Å². The topological polar surface area (TPSA) is 55.4 Å². The predicted molar refractivity (Wildman–Crippen MR) is 102 cm³/mol. The monoisotopic (exact) mass is 403 g/mol. The number of nitrogens with one attached hydrogen (secondary N) is 1. The van der Waals surface area contributed by atoms with E-state index in [2.05, 4.69) is 5.32 Å². The fraction of sp³-hybridized carbons (Fsp3) is 0.100. The maximum atomic E-state index is 13.2. The summed E-state index contributed by atoms with van der Waals surface area (Å²) in [4.78, 5) is 25.3. The van der Waals surface area contributed by atoms with E-state index in [4.69, 9.17) is 16.3 Å². The zero-order chi connectivity index (χ0) is 19.2. The summed E-state index contributed by atoms with van der Waals surface area (Å²) in [6.45, 7) is -0.451. The number of carbonyl (C=O) groups is 2. The molecule has 2 aromatic carbocycles. The SMILES string of the molecule is O=C(COC(=O)c1ccccc1Cl)N[C@H](c1ccc(F)cc1)c1cccs1. The van der Waals surface area contributed by atoms with E-state index < -0.39 is 24.5 Å². The molecule has 0 radical (unpaired) electrons. The van der Waals surface area contributed by atoms with Crippen LogP contribution in [-0.2, 0) is 9.53 Å². The first-order chi connectivity index (χ1) is 13.0. The van der Waals surface area contributed by atoms with Crippen LogP contribution in [0.3, 0.4) is 0 Å². The molecule has 1 amide bonds. The number of amides is 1. The molecule has 3 aromatic rings. The molecular weight excluding hydrogens is 389 g/mol. The molecule has 0 saturated heterocycles. The van der Waals surface area contributed by atoms with Crippen molar-refractivity contribution in [2.75, 3.05) is 6.61 Å². The van der Waals surface area contributed by atoms with E-state index in [-0.39, 0.29) is 16.4 Å². The quantitative estimate of drug-likeness (QED) is 0.612. The third-order valence-corrected chi connectivity index (χ3v) is 5.03. The Labute approximate surface area is 164 Å². The molecule has 27 heavy (non-hydrogen) atoms. The maximum absolute atomic E-state index is 13.2. The van der Waals surface area contributed by atoms with Crippen LogP contribution in [0.4, 0.5) is 4.39 Å². The lowest BCUT2D eigenvalue weighted by atomic mass is 10.1. The Morgan fingerprint density at radius 2 is 1.81 bits per heavy atom. The zero-order valence-electron chi connectivity index (χ0n) is 14.0. The van der Waals surface area contributed by atoms with Crippen LogP contribution in [0.25, 0.3) is 0 Å². The van der Waals surface area contributed by atoms with Crippen LogP contribution in [-0.4, -0.2) is 18.5 Å². The number of rotatable bonds is 6. The largest absolute Gasteiger partial charge is 0.452 e. The highest BCUT2D eigenvalue weighted by Gasteiger charge is 2.19. The van der Waals surface area contributed by atoms with E-state index in [1.54, 1.807) is 30.3 Å². The first-order valence-electron chi connectivity index (χ1n) is 8.04. The van der Waals surface area contributed by atoms with Gasteiger partial charge in [0.2, 0.25) is 0 Å². The van der Waals surface area contributed by atoms with Crippen LogP contribution in [0, 0.1) is 5.82 Å². The van der Waals surface area contributed by atoms with Crippen molar-refractivity contribution in [3.05, 3.63) is 92.9 Å². The summed E-state index contributed by atoms with van der Waals surface area (Å²) in [7, 11) is 0. The van der Waals surface area contributed by atoms with Crippen molar-refractivity contribution >= 4 is 34.8 Å². The van der Waals surface area contributed by atoms with E-state index >= 15 is 0 Å². The minimum atomic E-state index is -0.676. The Morgan fingerprint density at radius 1 is 1.07 bits per heavy atom. The number of thiophene rings is 1. The molecule has 0 aliphatic heterocycles. The highest BCUT2D eigenvalue weighted by molar-refractivity contribution is 7.10. The van der Waals surface area contributed by atoms with Gasteiger partial charge in [-0.25, -0.2) is 9.18 Å². The van der Waals surface area contributed by atoms with Gasteiger partial charge in [0.1, 0.15) is 5.82 Å². The molecule has 0 unspecified atom stereocenters. The van der Waals surface area contributed by atoms with Gasteiger partial charge >= 0.3 is 5.97 Å². The second kappa shape index (κ2) is 8.79. The molecule has 0 saturated carbocycles.